The van der Waals surface area contributed by atoms with E-state index in [0.29, 0.717) is 13.1 Å². The molecular formula is C14H20N2O3. The zero-order valence-corrected chi connectivity index (χ0v) is 11.3. The third kappa shape index (κ3) is 4.21. The van der Waals surface area contributed by atoms with Crippen LogP contribution in [0.4, 0.5) is 0 Å². The summed E-state index contributed by atoms with van der Waals surface area (Å²) in [4.78, 5) is 9.18. The number of carbonyl (C=O) groups excluding carboxylic acids is 1. The first-order valence-electron chi connectivity index (χ1n) is 6.15. The fourth-order valence-electron chi connectivity index (χ4n) is 1.81. The van der Waals surface area contributed by atoms with Gasteiger partial charge in [0.15, 0.2) is 0 Å². The van der Waals surface area contributed by atoms with Gasteiger partial charge < -0.3 is 20.5 Å². The number of carbonyl (C=O) groups is 1. The number of benzene rings is 1. The van der Waals surface area contributed by atoms with Crippen LogP contribution in [-0.2, 0) is 16.0 Å². The van der Waals surface area contributed by atoms with E-state index in [0.717, 1.165) is 24.4 Å². The lowest BCUT2D eigenvalue weighted by molar-refractivity contribution is -0.128. The van der Waals surface area contributed by atoms with Gasteiger partial charge in [-0.2, -0.15) is 0 Å². The molecule has 19 heavy (non-hydrogen) atoms. The molecule has 3 N–H and O–H groups in total. The Morgan fingerprint density at radius 1 is 1.47 bits per heavy atom. The fourth-order valence-corrected chi connectivity index (χ4v) is 1.81. The number of methoxy groups -OCH3 is 1. The Morgan fingerprint density at radius 3 is 2.79 bits per heavy atom. The van der Waals surface area contributed by atoms with Gasteiger partial charge in [-0.15, -0.1) is 0 Å². The van der Waals surface area contributed by atoms with Gasteiger partial charge in [-0.3, -0.25) is 4.79 Å². The quantitative estimate of drug-likeness (QED) is 0.804. The van der Waals surface area contributed by atoms with E-state index in [1.807, 2.05) is 12.1 Å². The van der Waals surface area contributed by atoms with E-state index in [1.165, 1.54) is 11.1 Å². The lowest BCUT2D eigenvalue weighted by Crippen LogP contribution is -2.23. The highest BCUT2D eigenvalue weighted by atomic mass is 16.5. The van der Waals surface area contributed by atoms with Crippen molar-refractivity contribution in [2.45, 2.75) is 13.3 Å². The minimum Gasteiger partial charge on any atom is -0.497 e. The number of ether oxygens (including phenoxy) is 2. The molecule has 0 bridgehead atoms. The molecule has 5 nitrogen and oxygen atoms in total. The average Bonchev–Trinajstić information content (AvgIpc) is 2.47. The Kier molecular flexibility index (Phi) is 6.29. The lowest BCUT2D eigenvalue weighted by atomic mass is 9.98. The Bertz CT molecular complexity index is 444. The van der Waals surface area contributed by atoms with Gasteiger partial charge in [0.25, 0.3) is 6.47 Å². The Labute approximate surface area is 113 Å². The Morgan fingerprint density at radius 2 is 2.26 bits per heavy atom. The van der Waals surface area contributed by atoms with Crippen LogP contribution in [0, 0.1) is 0 Å². The largest absolute Gasteiger partial charge is 0.497 e. The topological polar surface area (TPSA) is 73.6 Å². The van der Waals surface area contributed by atoms with Gasteiger partial charge in [0.1, 0.15) is 5.75 Å². The minimum absolute atomic E-state index is 0.431. The van der Waals surface area contributed by atoms with E-state index in [4.69, 9.17) is 10.5 Å². The van der Waals surface area contributed by atoms with Crippen molar-refractivity contribution >= 4 is 12.2 Å². The van der Waals surface area contributed by atoms with Crippen LogP contribution in [0.15, 0.2) is 24.4 Å². The molecule has 0 spiro atoms. The number of hydrogen-bond donors (Lipinski definition) is 2. The molecule has 104 valence electrons. The number of hydrogen-bond acceptors (Lipinski definition) is 5. The molecule has 0 aliphatic carbocycles. The van der Waals surface area contributed by atoms with Gasteiger partial charge in [-0.25, -0.2) is 0 Å². The van der Waals surface area contributed by atoms with Crippen LogP contribution in [0.1, 0.15) is 18.1 Å². The molecule has 0 fully saturated rings. The van der Waals surface area contributed by atoms with E-state index in [1.54, 1.807) is 20.2 Å². The van der Waals surface area contributed by atoms with E-state index in [-0.39, 0.29) is 0 Å². The van der Waals surface area contributed by atoms with Crippen molar-refractivity contribution in [3.05, 3.63) is 35.5 Å². The van der Waals surface area contributed by atoms with Crippen molar-refractivity contribution in [2.24, 2.45) is 5.73 Å². The highest BCUT2D eigenvalue weighted by Gasteiger charge is 2.13. The summed E-state index contributed by atoms with van der Waals surface area (Å²) in [6.07, 6.45) is 2.63. The molecule has 1 heterocycles. The summed E-state index contributed by atoms with van der Waals surface area (Å²) >= 11 is 0. The molecular weight excluding hydrogens is 244 g/mol. The standard InChI is InChI=1S/C11H14N2O.C3H6O2/c1-14-9-2-3-10-8(6-9)4-5-13-11(10)7-12;1-2-5-3-4/h2-3,6-7,13H,4-5,12H2,1H3;3H,2H2,1H3/b11-7+;. The van der Waals surface area contributed by atoms with Gasteiger partial charge in [0, 0.05) is 18.3 Å². The first-order chi connectivity index (χ1) is 9.26. The van der Waals surface area contributed by atoms with Crippen molar-refractivity contribution in [1.29, 1.82) is 0 Å². The minimum atomic E-state index is 0.431. The normalized spacial score (nSPS) is 14.5. The third-order valence-corrected chi connectivity index (χ3v) is 2.71. The van der Waals surface area contributed by atoms with E-state index in [9.17, 15) is 4.79 Å². The molecule has 0 saturated heterocycles. The van der Waals surface area contributed by atoms with Crippen LogP contribution in [0.25, 0.3) is 5.70 Å². The third-order valence-electron chi connectivity index (χ3n) is 2.71. The monoisotopic (exact) mass is 264 g/mol. The summed E-state index contributed by atoms with van der Waals surface area (Å²) in [5.41, 5.74) is 9.01. The van der Waals surface area contributed by atoms with Crippen LogP contribution in [0.5, 0.6) is 5.75 Å². The van der Waals surface area contributed by atoms with Gasteiger partial charge in [-0.05, 0) is 37.1 Å². The number of fused-ring (bicyclic) bond motifs is 1. The first-order valence-corrected chi connectivity index (χ1v) is 6.15. The van der Waals surface area contributed by atoms with Crippen molar-refractivity contribution in [1.82, 2.24) is 5.32 Å². The van der Waals surface area contributed by atoms with Gasteiger partial charge in [-0.1, -0.05) is 0 Å². The Balaban J connectivity index is 0.000000312. The summed E-state index contributed by atoms with van der Waals surface area (Å²) in [5.74, 6) is 0.905. The van der Waals surface area contributed by atoms with Gasteiger partial charge >= 0.3 is 0 Å². The lowest BCUT2D eigenvalue weighted by Gasteiger charge is -2.21. The maximum absolute atomic E-state index is 9.18. The highest BCUT2D eigenvalue weighted by molar-refractivity contribution is 5.68. The maximum atomic E-state index is 9.18. The van der Waals surface area contributed by atoms with Crippen LogP contribution >= 0.6 is 0 Å². The SMILES string of the molecule is CCOC=O.COc1ccc2c(c1)CCN/C2=C/N. The van der Waals surface area contributed by atoms with Crippen molar-refractivity contribution in [2.75, 3.05) is 20.3 Å². The maximum Gasteiger partial charge on any atom is 0.293 e. The second-order valence-corrected chi connectivity index (χ2v) is 3.83. The fraction of sp³-hybridized carbons (Fsp3) is 0.357. The molecule has 0 radical (unpaired) electrons. The Hall–Kier alpha value is -2.17. The summed E-state index contributed by atoms with van der Waals surface area (Å²) in [7, 11) is 1.68. The zero-order chi connectivity index (χ0) is 14.1. The van der Waals surface area contributed by atoms with Crippen LogP contribution in [-0.4, -0.2) is 26.7 Å². The molecule has 0 unspecified atom stereocenters. The molecule has 5 heteroatoms. The van der Waals surface area contributed by atoms with Crippen LogP contribution in [0.3, 0.4) is 0 Å². The number of nitrogens with two attached hydrogens (primary N) is 1. The predicted molar refractivity (Wildman–Crippen MR) is 74.6 cm³/mol. The number of nitrogens with one attached hydrogen (secondary N) is 1. The molecule has 0 aromatic heterocycles. The summed E-state index contributed by atoms with van der Waals surface area (Å²) in [5, 5.41) is 3.26. The zero-order valence-electron chi connectivity index (χ0n) is 11.3. The molecule has 1 aliphatic rings. The molecule has 0 saturated carbocycles. The van der Waals surface area contributed by atoms with Crippen LogP contribution in [0.2, 0.25) is 0 Å². The van der Waals surface area contributed by atoms with Crippen LogP contribution < -0.4 is 15.8 Å². The van der Waals surface area contributed by atoms with E-state index in [2.05, 4.69) is 16.1 Å². The number of rotatable bonds is 3. The molecule has 2 rings (SSSR count). The van der Waals surface area contributed by atoms with E-state index < -0.39 is 0 Å². The second-order valence-electron chi connectivity index (χ2n) is 3.83. The van der Waals surface area contributed by atoms with E-state index >= 15 is 0 Å². The van der Waals surface area contributed by atoms with Gasteiger partial charge in [0.05, 0.1) is 19.4 Å². The summed E-state index contributed by atoms with van der Waals surface area (Å²) < 4.78 is 9.33. The van der Waals surface area contributed by atoms with Crippen molar-refractivity contribution in [3.8, 4) is 5.75 Å². The molecule has 0 amide bonds. The average molecular weight is 264 g/mol. The van der Waals surface area contributed by atoms with Gasteiger partial charge in [0.2, 0.25) is 0 Å². The smallest absolute Gasteiger partial charge is 0.293 e. The molecule has 1 aliphatic heterocycles. The molecule has 0 atom stereocenters. The van der Waals surface area contributed by atoms with Crippen molar-refractivity contribution in [3.63, 3.8) is 0 Å². The summed E-state index contributed by atoms with van der Waals surface area (Å²) in [6, 6.07) is 6.06. The molecule has 1 aromatic carbocycles. The first kappa shape index (κ1) is 14.9. The highest BCUT2D eigenvalue weighted by Crippen LogP contribution is 2.25. The molecule has 1 aromatic rings. The predicted octanol–water partition coefficient (Wildman–Crippen LogP) is 1.28. The second kappa shape index (κ2) is 8.02. The summed E-state index contributed by atoms with van der Waals surface area (Å²) in [6.45, 7) is 3.60. The van der Waals surface area contributed by atoms with Crippen molar-refractivity contribution < 1.29 is 14.3 Å².